The number of halogens is 1. The molecule has 0 bridgehead atoms. The Morgan fingerprint density at radius 1 is 1.21 bits per heavy atom. The largest absolute Gasteiger partial charge is 0.383 e. The smallest absolute Gasteiger partial charge is 0.221 e. The number of ether oxygens (including phenoxy) is 1. The summed E-state index contributed by atoms with van der Waals surface area (Å²) in [5, 5.41) is 6.78. The highest BCUT2D eigenvalue weighted by Gasteiger charge is 1.99. The van der Waals surface area contributed by atoms with Crippen LogP contribution >= 0.6 is 11.6 Å². The summed E-state index contributed by atoms with van der Waals surface area (Å²) in [5.74, 6) is 0.0519. The Bertz CT molecular complexity index is 368. The van der Waals surface area contributed by atoms with E-state index in [2.05, 4.69) is 10.6 Å². The van der Waals surface area contributed by atoms with E-state index >= 15 is 0 Å². The lowest BCUT2D eigenvalue weighted by Crippen LogP contribution is -2.30. The molecule has 1 rings (SSSR count). The molecule has 2 N–H and O–H groups in total. The van der Waals surface area contributed by atoms with E-state index < -0.39 is 0 Å². The maximum absolute atomic E-state index is 11.4. The van der Waals surface area contributed by atoms with Crippen molar-refractivity contribution in [1.29, 1.82) is 0 Å². The van der Waals surface area contributed by atoms with Crippen molar-refractivity contribution in [2.45, 2.75) is 12.8 Å². The van der Waals surface area contributed by atoms with Gasteiger partial charge in [-0.25, -0.2) is 0 Å². The number of rotatable bonds is 9. The van der Waals surface area contributed by atoms with E-state index in [4.69, 9.17) is 16.3 Å². The minimum absolute atomic E-state index is 0.0519. The van der Waals surface area contributed by atoms with Crippen molar-refractivity contribution in [3.05, 3.63) is 34.9 Å². The molecule has 0 radical (unpaired) electrons. The van der Waals surface area contributed by atoms with Crippen LogP contribution in [0.5, 0.6) is 0 Å². The molecule has 106 valence electrons. The van der Waals surface area contributed by atoms with Gasteiger partial charge in [-0.1, -0.05) is 23.7 Å². The predicted molar refractivity (Wildman–Crippen MR) is 77.5 cm³/mol. The van der Waals surface area contributed by atoms with Crippen LogP contribution in [0.25, 0.3) is 0 Å². The molecule has 0 aliphatic rings. The lowest BCUT2D eigenvalue weighted by molar-refractivity contribution is -0.121. The van der Waals surface area contributed by atoms with Gasteiger partial charge in [-0.3, -0.25) is 4.79 Å². The van der Waals surface area contributed by atoms with Gasteiger partial charge in [0.25, 0.3) is 0 Å². The van der Waals surface area contributed by atoms with Crippen LogP contribution < -0.4 is 10.6 Å². The molecule has 0 aliphatic heterocycles. The molecule has 0 spiro atoms. The molecule has 5 heteroatoms. The van der Waals surface area contributed by atoms with Crippen molar-refractivity contribution in [2.75, 3.05) is 33.4 Å². The van der Waals surface area contributed by atoms with Gasteiger partial charge in [-0.2, -0.15) is 0 Å². The molecular weight excluding hydrogens is 264 g/mol. The SMILES string of the molecule is COCCNC(=O)CCNCCc1ccc(Cl)cc1. The van der Waals surface area contributed by atoms with Crippen LogP contribution in [0.15, 0.2) is 24.3 Å². The topological polar surface area (TPSA) is 50.4 Å². The monoisotopic (exact) mass is 284 g/mol. The summed E-state index contributed by atoms with van der Waals surface area (Å²) in [4.78, 5) is 11.4. The second-order valence-electron chi connectivity index (χ2n) is 4.22. The average Bonchev–Trinajstić information content (AvgIpc) is 2.41. The number of carbonyl (C=O) groups excluding carboxylic acids is 1. The van der Waals surface area contributed by atoms with Crippen LogP contribution in [0, 0.1) is 0 Å². The van der Waals surface area contributed by atoms with E-state index in [-0.39, 0.29) is 5.91 Å². The van der Waals surface area contributed by atoms with Crippen molar-refractivity contribution >= 4 is 17.5 Å². The van der Waals surface area contributed by atoms with Crippen LogP contribution in [0.2, 0.25) is 5.02 Å². The highest BCUT2D eigenvalue weighted by molar-refractivity contribution is 6.30. The molecule has 0 aliphatic carbocycles. The molecule has 0 atom stereocenters. The molecule has 0 saturated heterocycles. The van der Waals surface area contributed by atoms with Gasteiger partial charge >= 0.3 is 0 Å². The number of methoxy groups -OCH3 is 1. The number of hydrogen-bond acceptors (Lipinski definition) is 3. The Labute approximate surface area is 119 Å². The van der Waals surface area contributed by atoms with Crippen LogP contribution in [-0.2, 0) is 16.0 Å². The van der Waals surface area contributed by atoms with Gasteiger partial charge in [-0.05, 0) is 30.7 Å². The first-order valence-electron chi connectivity index (χ1n) is 6.43. The Morgan fingerprint density at radius 3 is 2.63 bits per heavy atom. The summed E-state index contributed by atoms with van der Waals surface area (Å²) in [6.45, 7) is 2.66. The van der Waals surface area contributed by atoms with Crippen LogP contribution in [0.1, 0.15) is 12.0 Å². The highest BCUT2D eigenvalue weighted by Crippen LogP contribution is 2.09. The first kappa shape index (κ1) is 16.0. The second-order valence-corrected chi connectivity index (χ2v) is 4.66. The number of carbonyl (C=O) groups is 1. The first-order chi connectivity index (χ1) is 9.22. The van der Waals surface area contributed by atoms with E-state index in [1.165, 1.54) is 5.56 Å². The van der Waals surface area contributed by atoms with E-state index in [9.17, 15) is 4.79 Å². The molecule has 0 saturated carbocycles. The zero-order valence-corrected chi connectivity index (χ0v) is 12.0. The summed E-state index contributed by atoms with van der Waals surface area (Å²) in [6.07, 6.45) is 1.42. The molecule has 1 aromatic rings. The second kappa shape index (κ2) is 9.78. The number of hydrogen-bond donors (Lipinski definition) is 2. The Morgan fingerprint density at radius 2 is 1.95 bits per heavy atom. The molecule has 19 heavy (non-hydrogen) atoms. The summed E-state index contributed by atoms with van der Waals surface area (Å²) in [6, 6.07) is 7.81. The van der Waals surface area contributed by atoms with Crippen molar-refractivity contribution < 1.29 is 9.53 Å². The zero-order chi connectivity index (χ0) is 13.9. The predicted octanol–water partition coefficient (Wildman–Crippen LogP) is 1.62. The fourth-order valence-electron chi connectivity index (χ4n) is 1.59. The number of benzene rings is 1. The van der Waals surface area contributed by atoms with E-state index in [1.807, 2.05) is 24.3 Å². The fraction of sp³-hybridized carbons (Fsp3) is 0.500. The molecule has 4 nitrogen and oxygen atoms in total. The molecule has 0 heterocycles. The van der Waals surface area contributed by atoms with E-state index in [1.54, 1.807) is 7.11 Å². The van der Waals surface area contributed by atoms with Crippen molar-refractivity contribution in [2.24, 2.45) is 0 Å². The van der Waals surface area contributed by atoms with Gasteiger partial charge in [0.1, 0.15) is 0 Å². The molecule has 1 amide bonds. The van der Waals surface area contributed by atoms with Gasteiger partial charge < -0.3 is 15.4 Å². The third kappa shape index (κ3) is 7.82. The minimum Gasteiger partial charge on any atom is -0.383 e. The molecule has 0 unspecified atom stereocenters. The van der Waals surface area contributed by atoms with Crippen molar-refractivity contribution in [1.82, 2.24) is 10.6 Å². The van der Waals surface area contributed by atoms with Gasteiger partial charge in [0.15, 0.2) is 0 Å². The van der Waals surface area contributed by atoms with Gasteiger partial charge in [-0.15, -0.1) is 0 Å². The lowest BCUT2D eigenvalue weighted by Gasteiger charge is -2.06. The van der Waals surface area contributed by atoms with Gasteiger partial charge in [0, 0.05) is 31.6 Å². The van der Waals surface area contributed by atoms with Gasteiger partial charge in [0.05, 0.1) is 6.61 Å². The Balaban J connectivity index is 2.01. The third-order valence-electron chi connectivity index (χ3n) is 2.66. The van der Waals surface area contributed by atoms with Crippen molar-refractivity contribution in [3.8, 4) is 0 Å². The first-order valence-corrected chi connectivity index (χ1v) is 6.81. The van der Waals surface area contributed by atoms with Gasteiger partial charge in [0.2, 0.25) is 5.91 Å². The summed E-state index contributed by atoms with van der Waals surface area (Å²) in [5.41, 5.74) is 1.24. The van der Waals surface area contributed by atoms with Crippen LogP contribution in [0.4, 0.5) is 0 Å². The molecule has 1 aromatic carbocycles. The molecular formula is C14H21ClN2O2. The summed E-state index contributed by atoms with van der Waals surface area (Å²) >= 11 is 5.81. The highest BCUT2D eigenvalue weighted by atomic mass is 35.5. The standard InChI is InChI=1S/C14H21ClN2O2/c1-19-11-10-17-14(18)7-9-16-8-6-12-2-4-13(15)5-3-12/h2-5,16H,6-11H2,1H3,(H,17,18). The lowest BCUT2D eigenvalue weighted by atomic mass is 10.1. The number of amides is 1. The maximum Gasteiger partial charge on any atom is 0.221 e. The quantitative estimate of drug-likeness (QED) is 0.678. The Hall–Kier alpha value is -1.10. The normalized spacial score (nSPS) is 10.4. The minimum atomic E-state index is 0.0519. The maximum atomic E-state index is 11.4. The molecule has 0 aromatic heterocycles. The number of nitrogens with one attached hydrogen (secondary N) is 2. The summed E-state index contributed by atoms with van der Waals surface area (Å²) in [7, 11) is 1.62. The Kier molecular flexibility index (Phi) is 8.21. The third-order valence-corrected chi connectivity index (χ3v) is 2.91. The fourth-order valence-corrected chi connectivity index (χ4v) is 1.72. The zero-order valence-electron chi connectivity index (χ0n) is 11.2. The average molecular weight is 285 g/mol. The van der Waals surface area contributed by atoms with Crippen molar-refractivity contribution in [3.63, 3.8) is 0 Å². The summed E-state index contributed by atoms with van der Waals surface area (Å²) < 4.78 is 4.85. The van der Waals surface area contributed by atoms with Crippen LogP contribution in [0.3, 0.4) is 0 Å². The van der Waals surface area contributed by atoms with E-state index in [0.717, 1.165) is 18.0 Å². The molecule has 0 fully saturated rings. The van der Waals surface area contributed by atoms with Crippen LogP contribution in [-0.4, -0.2) is 39.3 Å². The van der Waals surface area contributed by atoms with E-state index in [0.29, 0.717) is 26.1 Å².